The second-order valence-corrected chi connectivity index (χ2v) is 20.0. The third kappa shape index (κ3) is 11.4. The summed E-state index contributed by atoms with van der Waals surface area (Å²) in [5.41, 5.74) is 4.40. The maximum Gasteiger partial charge on any atom is 0.573 e. The maximum absolute atomic E-state index is 12.5. The van der Waals surface area contributed by atoms with Crippen LogP contribution < -0.4 is 19.3 Å². The number of aromatic nitrogens is 6. The summed E-state index contributed by atoms with van der Waals surface area (Å²) in [5, 5.41) is 23.5. The number of halogens is 7. The zero-order valence-corrected chi connectivity index (χ0v) is 39.3. The van der Waals surface area contributed by atoms with Gasteiger partial charge in [-0.3, -0.25) is 24.9 Å². The number of aromatic amines is 3. The van der Waals surface area contributed by atoms with Crippen molar-refractivity contribution < 1.29 is 53.8 Å². The summed E-state index contributed by atoms with van der Waals surface area (Å²) in [6.45, 7) is 6.20. The monoisotopic (exact) mass is 1010 g/mol. The van der Waals surface area contributed by atoms with Crippen molar-refractivity contribution in [3.63, 3.8) is 0 Å². The van der Waals surface area contributed by atoms with Gasteiger partial charge in [0.2, 0.25) is 21.8 Å². The molecule has 0 atom stereocenters. The van der Waals surface area contributed by atoms with E-state index in [1.165, 1.54) is 35.5 Å². The Hall–Kier alpha value is -6.01. The van der Waals surface area contributed by atoms with Crippen LogP contribution in [0.3, 0.4) is 0 Å². The van der Waals surface area contributed by atoms with E-state index in [4.69, 9.17) is 11.6 Å². The van der Waals surface area contributed by atoms with Crippen LogP contribution in [0.5, 0.6) is 11.5 Å². The van der Waals surface area contributed by atoms with Crippen LogP contribution in [0.25, 0.3) is 32.7 Å². The maximum atomic E-state index is 12.5. The Bertz CT molecular complexity index is 2920. The Kier molecular flexibility index (Phi) is 13.9. The molecule has 0 unspecified atom stereocenters. The van der Waals surface area contributed by atoms with Crippen molar-refractivity contribution in [1.29, 1.82) is 0 Å². The lowest BCUT2D eigenvalue weighted by Gasteiger charge is -2.44. The third-order valence-electron chi connectivity index (χ3n) is 13.4. The number of carbonyl (C=O) groups is 2. The summed E-state index contributed by atoms with van der Waals surface area (Å²) in [4.78, 5) is 31.2. The first-order chi connectivity index (χ1) is 32.6. The normalized spacial score (nSPS) is 18.4. The SMILES string of the molecule is CC(=O)N1CCN(c2cc(OC(F)(F)F)cc3[nH]ncc23)CC1.CN1C(=O)CCC12CCN(c1cc(Cl)cc3[nH]ncc13)CC2.CS(=O)(=O)N1CCC(c2cc(OC(F)(F)F)cc3[nH]ncc23)CC1. The van der Waals surface area contributed by atoms with Crippen LogP contribution in [0.1, 0.15) is 56.9 Å². The number of nitrogens with zero attached hydrogens (tertiary/aromatic N) is 8. The van der Waals surface area contributed by atoms with Crippen LogP contribution in [0.4, 0.5) is 37.7 Å². The Morgan fingerprint density at radius 3 is 1.71 bits per heavy atom. The van der Waals surface area contributed by atoms with Crippen molar-refractivity contribution in [2.24, 2.45) is 0 Å². The molecule has 6 aromatic rings. The molecule has 25 heteroatoms. The Labute approximate surface area is 397 Å². The minimum atomic E-state index is -4.77. The first kappa shape index (κ1) is 49.4. The summed E-state index contributed by atoms with van der Waals surface area (Å²) in [6, 6.07) is 9.17. The number of ether oxygens (including phenoxy) is 2. The smallest absolute Gasteiger partial charge is 0.406 e. The number of likely N-dealkylation sites (tertiary alicyclic amines) is 1. The largest absolute Gasteiger partial charge is 0.573 e. The molecule has 3 N–H and O–H groups in total. The van der Waals surface area contributed by atoms with Crippen molar-refractivity contribution in [3.8, 4) is 11.5 Å². The molecule has 0 saturated carbocycles. The first-order valence-corrected chi connectivity index (χ1v) is 24.3. The number of rotatable bonds is 6. The predicted molar refractivity (Wildman–Crippen MR) is 246 cm³/mol. The van der Waals surface area contributed by atoms with E-state index in [1.54, 1.807) is 17.3 Å². The van der Waals surface area contributed by atoms with E-state index in [-0.39, 0.29) is 34.8 Å². The number of amides is 2. The van der Waals surface area contributed by atoms with E-state index in [9.17, 15) is 44.3 Å². The number of carbonyl (C=O) groups excluding carboxylic acids is 2. The van der Waals surface area contributed by atoms with E-state index < -0.39 is 22.7 Å². The lowest BCUT2D eigenvalue weighted by atomic mass is 9.85. The van der Waals surface area contributed by atoms with Crippen LogP contribution in [0.2, 0.25) is 5.02 Å². The Morgan fingerprint density at radius 2 is 1.20 bits per heavy atom. The van der Waals surface area contributed by atoms with Gasteiger partial charge in [0, 0.05) is 123 Å². The standard InChI is InChI=1S/C16H19ClN4O.C14H15F3N4O2.C14H16F3N3O3S/c1-20-15(22)2-3-16(20)4-6-21(7-5-16)14-9-11(17)8-13-12(14)10-18-19-13;1-9(22)20-2-4-21(5-3-20)13-7-10(23-14(15,16)17)6-12-11(13)8-18-19-12;1-24(21,22)20-4-2-9(3-5-20)11-6-10(23-14(15,16)17)7-13-12(11)8-18-19-13/h8-10H,2-7H2,1H3,(H,18,19);6-8H,2-5H2,1H3,(H,18,19);6-9H,2-5H2,1H3,(H,18,19). The van der Waals surface area contributed by atoms with Gasteiger partial charge in [-0.05, 0) is 61.8 Å². The molecule has 1 spiro atoms. The number of hydrogen-bond donors (Lipinski definition) is 3. The molecule has 4 aliphatic rings. The topological polar surface area (TPSA) is 189 Å². The fraction of sp³-hybridized carbons (Fsp3) is 0.477. The molecule has 3 aromatic carbocycles. The zero-order chi connectivity index (χ0) is 49.5. The summed E-state index contributed by atoms with van der Waals surface area (Å²) < 4.78 is 108. The molecule has 4 saturated heterocycles. The first-order valence-electron chi connectivity index (χ1n) is 22.1. The summed E-state index contributed by atoms with van der Waals surface area (Å²) >= 11 is 6.24. The molecule has 3 aromatic heterocycles. The molecule has 7 heterocycles. The molecule has 0 radical (unpaired) electrons. The molecule has 4 aliphatic heterocycles. The highest BCUT2D eigenvalue weighted by atomic mass is 35.5. The number of alkyl halides is 6. The van der Waals surface area contributed by atoms with Crippen LogP contribution >= 0.6 is 11.6 Å². The Morgan fingerprint density at radius 1 is 0.710 bits per heavy atom. The van der Waals surface area contributed by atoms with E-state index in [1.807, 2.05) is 35.2 Å². The molecular formula is C44H50ClF6N11O6S. The number of piperidine rings is 2. The molecule has 10 rings (SSSR count). The van der Waals surface area contributed by atoms with Crippen LogP contribution in [0.15, 0.2) is 55.0 Å². The van der Waals surface area contributed by atoms with E-state index in [2.05, 4.69) is 45.0 Å². The lowest BCUT2D eigenvalue weighted by molar-refractivity contribution is -0.275. The van der Waals surface area contributed by atoms with Crippen molar-refractivity contribution in [2.75, 3.05) is 75.5 Å². The average Bonchev–Trinajstić information content (AvgIpc) is 4.12. The van der Waals surface area contributed by atoms with Crippen LogP contribution in [-0.2, 0) is 19.6 Å². The second kappa shape index (κ2) is 19.4. The van der Waals surface area contributed by atoms with E-state index >= 15 is 0 Å². The highest BCUT2D eigenvalue weighted by Gasteiger charge is 2.45. The summed E-state index contributed by atoms with van der Waals surface area (Å²) in [7, 11) is -1.30. The van der Waals surface area contributed by atoms with Gasteiger partial charge in [0.05, 0.1) is 47.1 Å². The molecule has 0 bridgehead atoms. The minimum absolute atomic E-state index is 0.00716. The van der Waals surface area contributed by atoms with Crippen molar-refractivity contribution in [3.05, 3.63) is 65.6 Å². The third-order valence-corrected chi connectivity index (χ3v) is 14.9. The van der Waals surface area contributed by atoms with Gasteiger partial charge in [0.15, 0.2) is 0 Å². The number of H-pyrrole nitrogens is 3. The fourth-order valence-electron chi connectivity index (χ4n) is 9.75. The average molecular weight is 1010 g/mol. The van der Waals surface area contributed by atoms with Gasteiger partial charge in [-0.1, -0.05) is 11.6 Å². The fourth-order valence-corrected chi connectivity index (χ4v) is 10.8. The quantitative estimate of drug-likeness (QED) is 0.140. The predicted octanol–water partition coefficient (Wildman–Crippen LogP) is 7.54. The van der Waals surface area contributed by atoms with Gasteiger partial charge in [-0.2, -0.15) is 15.3 Å². The van der Waals surface area contributed by atoms with Crippen molar-refractivity contribution in [1.82, 2.24) is 44.7 Å². The second-order valence-electron chi connectivity index (χ2n) is 17.6. The Balaban J connectivity index is 0.000000140. The van der Waals surface area contributed by atoms with Crippen LogP contribution in [-0.4, -0.2) is 149 Å². The zero-order valence-electron chi connectivity index (χ0n) is 37.8. The van der Waals surface area contributed by atoms with E-state index in [0.717, 1.165) is 71.0 Å². The van der Waals surface area contributed by atoms with Gasteiger partial charge in [0.1, 0.15) is 11.5 Å². The van der Waals surface area contributed by atoms with Gasteiger partial charge in [0.25, 0.3) is 0 Å². The minimum Gasteiger partial charge on any atom is -0.406 e. The van der Waals surface area contributed by atoms with Gasteiger partial charge in [-0.15, -0.1) is 26.3 Å². The molecule has 0 aliphatic carbocycles. The number of nitrogens with one attached hydrogen (secondary N) is 3. The number of fused-ring (bicyclic) bond motifs is 3. The van der Waals surface area contributed by atoms with Crippen molar-refractivity contribution in [2.45, 2.75) is 69.6 Å². The van der Waals surface area contributed by atoms with Crippen molar-refractivity contribution >= 4 is 77.5 Å². The summed E-state index contributed by atoms with van der Waals surface area (Å²) in [5.74, 6) is -0.376. The number of sulfonamides is 1. The summed E-state index contributed by atoms with van der Waals surface area (Å²) in [6.07, 6.45) is 1.39. The highest BCUT2D eigenvalue weighted by molar-refractivity contribution is 7.88. The number of hydrogen-bond acceptors (Lipinski definition) is 11. The van der Waals surface area contributed by atoms with Gasteiger partial charge in [-0.25, -0.2) is 12.7 Å². The molecule has 69 heavy (non-hydrogen) atoms. The number of benzene rings is 3. The molecule has 17 nitrogen and oxygen atoms in total. The van der Waals surface area contributed by atoms with Gasteiger partial charge < -0.3 is 29.1 Å². The highest BCUT2D eigenvalue weighted by Crippen LogP contribution is 2.41. The lowest BCUT2D eigenvalue weighted by Crippen LogP contribution is -2.51. The molecular weight excluding hydrogens is 960 g/mol. The molecule has 372 valence electrons. The number of anilines is 2. The molecule has 4 fully saturated rings. The molecule has 2 amide bonds. The van der Waals surface area contributed by atoms with E-state index in [0.29, 0.717) is 80.8 Å². The number of piperazine rings is 1. The van der Waals surface area contributed by atoms with Crippen LogP contribution in [0, 0.1) is 0 Å². The van der Waals surface area contributed by atoms with Gasteiger partial charge >= 0.3 is 12.7 Å².